The number of aliphatic imine (C=N–C) groups is 1. The molecule has 27 heavy (non-hydrogen) atoms. The minimum atomic E-state index is -4.38. The van der Waals surface area contributed by atoms with Crippen molar-refractivity contribution < 1.29 is 17.6 Å². The molecular weight excluding hydrogens is 355 g/mol. The monoisotopic (exact) mass is 371 g/mol. The highest BCUT2D eigenvalue weighted by molar-refractivity contribution is 6.05. The van der Waals surface area contributed by atoms with Crippen molar-refractivity contribution >= 4 is 5.71 Å². The van der Waals surface area contributed by atoms with Gasteiger partial charge in [0.05, 0.1) is 22.5 Å². The Morgan fingerprint density at radius 3 is 2.63 bits per heavy atom. The molecule has 1 unspecified atom stereocenters. The Morgan fingerprint density at radius 2 is 2.04 bits per heavy atom. The molecule has 0 radical (unpaired) electrons. The quantitative estimate of drug-likeness (QED) is 0.553. The van der Waals surface area contributed by atoms with E-state index in [1.807, 2.05) is 6.07 Å². The van der Waals surface area contributed by atoms with Gasteiger partial charge >= 0.3 is 6.18 Å². The zero-order chi connectivity index (χ0) is 19.6. The van der Waals surface area contributed by atoms with E-state index in [9.17, 15) is 13.2 Å². The molecule has 0 saturated carbocycles. The van der Waals surface area contributed by atoms with Crippen molar-refractivity contribution in [2.24, 2.45) is 10.9 Å². The van der Waals surface area contributed by atoms with Crippen LogP contribution in [0.4, 0.5) is 13.2 Å². The summed E-state index contributed by atoms with van der Waals surface area (Å²) in [5.41, 5.74) is 1.36. The molecule has 138 valence electrons. The van der Waals surface area contributed by atoms with Gasteiger partial charge in [0.2, 0.25) is 5.89 Å². The fourth-order valence-electron chi connectivity index (χ4n) is 3.12. The Morgan fingerprint density at radius 1 is 1.33 bits per heavy atom. The van der Waals surface area contributed by atoms with Gasteiger partial charge in [0, 0.05) is 30.5 Å². The lowest BCUT2D eigenvalue weighted by Crippen LogP contribution is -2.23. The van der Waals surface area contributed by atoms with Crippen molar-refractivity contribution in [1.29, 1.82) is 5.26 Å². The van der Waals surface area contributed by atoms with Gasteiger partial charge < -0.3 is 4.42 Å². The van der Waals surface area contributed by atoms with Crippen LogP contribution in [-0.2, 0) is 19.0 Å². The largest absolute Gasteiger partial charge is 0.441 e. The van der Waals surface area contributed by atoms with Crippen molar-refractivity contribution in [3.05, 3.63) is 66.2 Å². The molecule has 0 saturated heterocycles. The van der Waals surface area contributed by atoms with Gasteiger partial charge in [0.1, 0.15) is 11.8 Å². The average Bonchev–Trinajstić information content (AvgIpc) is 3.08. The van der Waals surface area contributed by atoms with Gasteiger partial charge in [-0.2, -0.15) is 18.4 Å². The molecule has 1 atom stereocenters. The lowest BCUT2D eigenvalue weighted by molar-refractivity contribution is -0.137. The van der Waals surface area contributed by atoms with E-state index in [-0.39, 0.29) is 17.4 Å². The summed E-state index contributed by atoms with van der Waals surface area (Å²) in [5.74, 6) is 0.963. The standard InChI is InChI=1S/C20H16F3N3O/c1-3-25-18(12(2)11-24)14-6-9-17-16(10-14)26-19(27-17)13-4-7-15(8-5-13)20(21,22)23/h3-5,7-8,14H,1-2,6,9-10H2. The van der Waals surface area contributed by atoms with Gasteiger partial charge in [-0.3, -0.25) is 4.99 Å². The molecule has 1 heterocycles. The maximum absolute atomic E-state index is 12.7. The van der Waals surface area contributed by atoms with Crippen LogP contribution >= 0.6 is 0 Å². The molecule has 0 amide bonds. The van der Waals surface area contributed by atoms with E-state index in [1.165, 1.54) is 18.3 Å². The number of allylic oxidation sites excluding steroid dienone is 1. The number of oxazole rings is 1. The number of hydrogen-bond donors (Lipinski definition) is 0. The smallest absolute Gasteiger partial charge is 0.416 e. The SMILES string of the molecule is C=CN=C(C(=C)C#N)C1CCc2oc(-c3ccc(C(F)(F)F)cc3)nc2C1. The Bertz CT molecular complexity index is 946. The summed E-state index contributed by atoms with van der Waals surface area (Å²) in [6.07, 6.45) is -1.17. The van der Waals surface area contributed by atoms with Gasteiger partial charge in [-0.15, -0.1) is 0 Å². The first-order valence-electron chi connectivity index (χ1n) is 8.27. The number of nitriles is 1. The van der Waals surface area contributed by atoms with Crippen LogP contribution in [0.2, 0.25) is 0 Å². The fraction of sp³-hybridized carbons (Fsp3) is 0.250. The first-order valence-corrected chi connectivity index (χ1v) is 8.27. The molecule has 3 rings (SSSR count). The zero-order valence-electron chi connectivity index (χ0n) is 14.4. The first kappa shape index (κ1) is 18.6. The normalized spacial score (nSPS) is 17.1. The maximum Gasteiger partial charge on any atom is 0.416 e. The second-order valence-electron chi connectivity index (χ2n) is 6.19. The number of hydrogen-bond acceptors (Lipinski definition) is 4. The molecule has 0 spiro atoms. The highest BCUT2D eigenvalue weighted by Crippen LogP contribution is 2.34. The molecule has 2 aromatic rings. The van der Waals surface area contributed by atoms with E-state index in [2.05, 4.69) is 23.1 Å². The van der Waals surface area contributed by atoms with Gasteiger partial charge in [-0.25, -0.2) is 4.98 Å². The third kappa shape index (κ3) is 3.85. The van der Waals surface area contributed by atoms with Gasteiger partial charge in [-0.05, 0) is 30.7 Å². The summed E-state index contributed by atoms with van der Waals surface area (Å²) in [7, 11) is 0. The van der Waals surface area contributed by atoms with Gasteiger partial charge in [0.15, 0.2) is 0 Å². The van der Waals surface area contributed by atoms with E-state index in [0.717, 1.165) is 17.8 Å². The number of benzene rings is 1. The van der Waals surface area contributed by atoms with Crippen LogP contribution in [0.3, 0.4) is 0 Å². The second-order valence-corrected chi connectivity index (χ2v) is 6.19. The highest BCUT2D eigenvalue weighted by Gasteiger charge is 2.31. The number of halogens is 3. The predicted molar refractivity (Wildman–Crippen MR) is 94.8 cm³/mol. The second kappa shape index (κ2) is 7.23. The van der Waals surface area contributed by atoms with Crippen molar-refractivity contribution in [2.45, 2.75) is 25.4 Å². The van der Waals surface area contributed by atoms with E-state index >= 15 is 0 Å². The number of aryl methyl sites for hydroxylation is 1. The molecule has 1 aliphatic carbocycles. The molecular formula is C20H16F3N3O. The third-order valence-corrected chi connectivity index (χ3v) is 4.46. The van der Waals surface area contributed by atoms with Gasteiger partial charge in [-0.1, -0.05) is 13.2 Å². The number of aromatic nitrogens is 1. The van der Waals surface area contributed by atoms with Gasteiger partial charge in [0.25, 0.3) is 0 Å². The lowest BCUT2D eigenvalue weighted by Gasteiger charge is -2.21. The van der Waals surface area contributed by atoms with Crippen molar-refractivity contribution in [3.8, 4) is 17.5 Å². The lowest BCUT2D eigenvalue weighted by atomic mass is 9.84. The van der Waals surface area contributed by atoms with E-state index in [0.29, 0.717) is 36.3 Å². The Hall–Kier alpha value is -3.14. The van der Waals surface area contributed by atoms with E-state index in [4.69, 9.17) is 9.68 Å². The summed E-state index contributed by atoms with van der Waals surface area (Å²) in [6.45, 7) is 7.30. The van der Waals surface area contributed by atoms with Crippen molar-refractivity contribution in [3.63, 3.8) is 0 Å². The molecule has 0 aliphatic heterocycles. The van der Waals surface area contributed by atoms with E-state index < -0.39 is 11.7 Å². The molecule has 1 aliphatic rings. The third-order valence-electron chi connectivity index (χ3n) is 4.46. The number of nitrogens with zero attached hydrogens (tertiary/aromatic N) is 3. The van der Waals surface area contributed by atoms with Crippen molar-refractivity contribution in [2.75, 3.05) is 0 Å². The number of alkyl halides is 3. The number of rotatable bonds is 4. The molecule has 1 aromatic heterocycles. The molecule has 7 heteroatoms. The Kier molecular flexibility index (Phi) is 5.00. The summed E-state index contributed by atoms with van der Waals surface area (Å²) < 4.78 is 43.8. The minimum absolute atomic E-state index is 0.0341. The van der Waals surface area contributed by atoms with E-state index in [1.54, 1.807) is 0 Å². The highest BCUT2D eigenvalue weighted by atomic mass is 19.4. The first-order chi connectivity index (χ1) is 12.8. The summed E-state index contributed by atoms with van der Waals surface area (Å²) in [4.78, 5) is 8.63. The summed E-state index contributed by atoms with van der Waals surface area (Å²) in [6, 6.07) is 6.72. The van der Waals surface area contributed by atoms with Crippen LogP contribution in [0.25, 0.3) is 11.5 Å². The van der Waals surface area contributed by atoms with Crippen LogP contribution in [0.1, 0.15) is 23.4 Å². The molecule has 0 fully saturated rings. The molecule has 0 bridgehead atoms. The van der Waals surface area contributed by atoms with Crippen LogP contribution in [-0.4, -0.2) is 10.7 Å². The maximum atomic E-state index is 12.7. The molecule has 1 aromatic carbocycles. The van der Waals surface area contributed by atoms with Crippen LogP contribution in [0.5, 0.6) is 0 Å². The predicted octanol–water partition coefficient (Wildman–Crippen LogP) is 5.13. The number of fused-ring (bicyclic) bond motifs is 1. The Labute approximate surface area is 154 Å². The minimum Gasteiger partial charge on any atom is -0.441 e. The zero-order valence-corrected chi connectivity index (χ0v) is 14.4. The van der Waals surface area contributed by atoms with Crippen molar-refractivity contribution in [1.82, 2.24) is 4.98 Å². The summed E-state index contributed by atoms with van der Waals surface area (Å²) >= 11 is 0. The fourth-order valence-corrected chi connectivity index (χ4v) is 3.12. The van der Waals surface area contributed by atoms with Crippen LogP contribution in [0.15, 0.2) is 58.6 Å². The molecule has 4 nitrogen and oxygen atoms in total. The van der Waals surface area contributed by atoms with Crippen LogP contribution in [0, 0.1) is 17.2 Å². The van der Waals surface area contributed by atoms with Crippen LogP contribution < -0.4 is 0 Å². The topological polar surface area (TPSA) is 62.2 Å². The average molecular weight is 371 g/mol. The Balaban J connectivity index is 1.85. The molecule has 0 N–H and O–H groups in total. The summed E-state index contributed by atoms with van der Waals surface area (Å²) in [5, 5.41) is 9.11.